The first-order valence-corrected chi connectivity index (χ1v) is 9.30. The van der Waals surface area contributed by atoms with Crippen molar-refractivity contribution in [2.75, 3.05) is 26.3 Å². The zero-order valence-corrected chi connectivity index (χ0v) is 14.8. The number of aromatic nitrogens is 2. The minimum absolute atomic E-state index is 0.0104. The molecule has 0 radical (unpaired) electrons. The zero-order chi connectivity index (χ0) is 18.1. The van der Waals surface area contributed by atoms with Crippen LogP contribution in [0.2, 0.25) is 0 Å². The number of imidazole rings is 1. The van der Waals surface area contributed by atoms with E-state index in [9.17, 15) is 9.90 Å². The SMILES string of the molecule is O=C(c1ccc2c(c1)ncn2CCO)N1CCC2(CC1)OCCC[C@H]2O. The number of carbonyl (C=O) groups excluding carboxylic acids is 1. The standard InChI is InChI=1S/C19H25N3O4/c23-10-9-22-13-20-15-12-14(3-4-16(15)22)18(25)21-7-5-19(6-8-21)17(24)2-1-11-26-19/h3-4,12-13,17,23-24H,1-2,5-11H2/t17-/m1/s1. The molecule has 2 saturated heterocycles. The fraction of sp³-hybridized carbons (Fsp3) is 0.579. The van der Waals surface area contributed by atoms with Crippen LogP contribution in [0.25, 0.3) is 11.0 Å². The predicted octanol–water partition coefficient (Wildman–Crippen LogP) is 1.17. The average Bonchev–Trinajstić information content (AvgIpc) is 3.07. The van der Waals surface area contributed by atoms with Gasteiger partial charge in [-0.2, -0.15) is 0 Å². The van der Waals surface area contributed by atoms with Gasteiger partial charge in [0.2, 0.25) is 0 Å². The molecule has 1 aromatic carbocycles. The highest BCUT2D eigenvalue weighted by molar-refractivity contribution is 5.97. The minimum Gasteiger partial charge on any atom is -0.395 e. The molecule has 3 heterocycles. The van der Waals surface area contributed by atoms with E-state index in [1.165, 1.54) is 0 Å². The van der Waals surface area contributed by atoms with Crippen LogP contribution in [0.1, 0.15) is 36.0 Å². The molecule has 0 unspecified atom stereocenters. The van der Waals surface area contributed by atoms with Gasteiger partial charge in [0.25, 0.3) is 5.91 Å². The molecule has 0 saturated carbocycles. The second-order valence-corrected chi connectivity index (χ2v) is 7.23. The van der Waals surface area contributed by atoms with E-state index >= 15 is 0 Å². The van der Waals surface area contributed by atoms with Crippen LogP contribution in [0.4, 0.5) is 0 Å². The molecule has 2 fully saturated rings. The van der Waals surface area contributed by atoms with Gasteiger partial charge in [-0.3, -0.25) is 4.79 Å². The maximum atomic E-state index is 12.9. The molecule has 2 aliphatic rings. The van der Waals surface area contributed by atoms with Crippen LogP contribution in [-0.4, -0.2) is 68.6 Å². The lowest BCUT2D eigenvalue weighted by Crippen LogP contribution is -2.56. The second-order valence-electron chi connectivity index (χ2n) is 7.23. The number of ether oxygens (including phenoxy) is 1. The highest BCUT2D eigenvalue weighted by Gasteiger charge is 2.44. The van der Waals surface area contributed by atoms with E-state index in [1.807, 2.05) is 27.7 Å². The van der Waals surface area contributed by atoms with Gasteiger partial charge in [-0.25, -0.2) is 4.98 Å². The summed E-state index contributed by atoms with van der Waals surface area (Å²) >= 11 is 0. The second kappa shape index (κ2) is 6.98. The molecule has 2 aliphatic heterocycles. The smallest absolute Gasteiger partial charge is 0.253 e. The molecule has 140 valence electrons. The van der Waals surface area contributed by atoms with E-state index < -0.39 is 11.7 Å². The number of benzene rings is 1. The lowest BCUT2D eigenvalue weighted by molar-refractivity contribution is -0.174. The number of piperidine rings is 1. The number of hydrogen-bond acceptors (Lipinski definition) is 5. The number of aliphatic hydroxyl groups is 2. The number of hydrogen-bond donors (Lipinski definition) is 2. The number of amides is 1. The third-order valence-electron chi connectivity index (χ3n) is 5.72. The lowest BCUT2D eigenvalue weighted by Gasteiger charge is -2.46. The Morgan fingerprint density at radius 1 is 1.35 bits per heavy atom. The van der Waals surface area contributed by atoms with Crippen LogP contribution < -0.4 is 0 Å². The first-order valence-electron chi connectivity index (χ1n) is 9.30. The first-order chi connectivity index (χ1) is 12.6. The van der Waals surface area contributed by atoms with Crippen LogP contribution in [0.15, 0.2) is 24.5 Å². The topological polar surface area (TPSA) is 87.8 Å². The fourth-order valence-electron chi connectivity index (χ4n) is 4.14. The number of nitrogens with zero attached hydrogens (tertiary/aromatic N) is 3. The van der Waals surface area contributed by atoms with Gasteiger partial charge in [0.1, 0.15) is 0 Å². The molecule has 1 aromatic heterocycles. The molecular weight excluding hydrogens is 334 g/mol. The Balaban J connectivity index is 1.47. The van der Waals surface area contributed by atoms with Crippen molar-refractivity contribution in [2.24, 2.45) is 0 Å². The van der Waals surface area contributed by atoms with Gasteiger partial charge >= 0.3 is 0 Å². The van der Waals surface area contributed by atoms with Crippen LogP contribution in [0, 0.1) is 0 Å². The summed E-state index contributed by atoms with van der Waals surface area (Å²) in [4.78, 5) is 19.0. The third kappa shape index (κ3) is 3.00. The molecule has 26 heavy (non-hydrogen) atoms. The van der Waals surface area contributed by atoms with Crippen molar-refractivity contribution in [2.45, 2.75) is 43.9 Å². The Morgan fingerprint density at radius 3 is 2.88 bits per heavy atom. The summed E-state index contributed by atoms with van der Waals surface area (Å²) in [5, 5.41) is 19.4. The van der Waals surface area contributed by atoms with Crippen molar-refractivity contribution in [3.8, 4) is 0 Å². The van der Waals surface area contributed by atoms with Crippen molar-refractivity contribution >= 4 is 16.9 Å². The van der Waals surface area contributed by atoms with Gasteiger partial charge in [-0.15, -0.1) is 0 Å². The van der Waals surface area contributed by atoms with Crippen molar-refractivity contribution in [1.29, 1.82) is 0 Å². The van der Waals surface area contributed by atoms with Crippen LogP contribution >= 0.6 is 0 Å². The number of carbonyl (C=O) groups is 1. The molecule has 2 N–H and O–H groups in total. The van der Waals surface area contributed by atoms with Crippen molar-refractivity contribution in [3.05, 3.63) is 30.1 Å². The summed E-state index contributed by atoms with van der Waals surface area (Å²) in [6.07, 6.45) is 4.28. The number of rotatable bonds is 3. The van der Waals surface area contributed by atoms with Gasteiger partial charge < -0.3 is 24.4 Å². The molecule has 7 heteroatoms. The Hall–Kier alpha value is -1.96. The van der Waals surface area contributed by atoms with E-state index in [0.29, 0.717) is 44.6 Å². The van der Waals surface area contributed by atoms with E-state index in [0.717, 1.165) is 23.9 Å². The lowest BCUT2D eigenvalue weighted by atomic mass is 9.82. The largest absolute Gasteiger partial charge is 0.395 e. The molecule has 1 atom stereocenters. The molecule has 1 amide bonds. The Bertz CT molecular complexity index is 795. The van der Waals surface area contributed by atoms with Crippen molar-refractivity contribution in [3.63, 3.8) is 0 Å². The van der Waals surface area contributed by atoms with Gasteiger partial charge in [0.05, 0.1) is 35.7 Å². The summed E-state index contributed by atoms with van der Waals surface area (Å²) < 4.78 is 7.79. The van der Waals surface area contributed by atoms with Gasteiger partial charge in [-0.05, 0) is 43.9 Å². The average molecular weight is 359 g/mol. The van der Waals surface area contributed by atoms with Gasteiger partial charge in [0.15, 0.2) is 0 Å². The normalized spacial score (nSPS) is 22.8. The summed E-state index contributed by atoms with van der Waals surface area (Å²) in [6, 6.07) is 5.50. The van der Waals surface area contributed by atoms with Crippen molar-refractivity contribution < 1.29 is 19.7 Å². The maximum Gasteiger partial charge on any atom is 0.253 e. The van der Waals surface area contributed by atoms with E-state index in [-0.39, 0.29) is 12.5 Å². The van der Waals surface area contributed by atoms with Crippen molar-refractivity contribution in [1.82, 2.24) is 14.5 Å². The fourth-order valence-corrected chi connectivity index (χ4v) is 4.14. The van der Waals surface area contributed by atoms with Crippen LogP contribution in [0.3, 0.4) is 0 Å². The van der Waals surface area contributed by atoms with Crippen LogP contribution in [-0.2, 0) is 11.3 Å². The molecule has 0 bridgehead atoms. The number of likely N-dealkylation sites (tertiary alicyclic amines) is 1. The molecule has 7 nitrogen and oxygen atoms in total. The van der Waals surface area contributed by atoms with Gasteiger partial charge in [0, 0.05) is 31.8 Å². The summed E-state index contributed by atoms with van der Waals surface area (Å²) in [5.41, 5.74) is 1.81. The zero-order valence-electron chi connectivity index (χ0n) is 14.8. The molecule has 4 rings (SSSR count). The van der Waals surface area contributed by atoms with Gasteiger partial charge in [-0.1, -0.05) is 0 Å². The Labute approximate surface area is 152 Å². The van der Waals surface area contributed by atoms with E-state index in [1.54, 1.807) is 6.33 Å². The monoisotopic (exact) mass is 359 g/mol. The molecule has 1 spiro atoms. The quantitative estimate of drug-likeness (QED) is 0.859. The highest BCUT2D eigenvalue weighted by Crippen LogP contribution is 2.35. The Kier molecular flexibility index (Phi) is 4.69. The molecule has 0 aliphatic carbocycles. The summed E-state index contributed by atoms with van der Waals surface area (Å²) in [7, 11) is 0. The summed E-state index contributed by atoms with van der Waals surface area (Å²) in [6.45, 7) is 2.41. The molecular formula is C19H25N3O4. The first kappa shape index (κ1) is 17.5. The number of aliphatic hydroxyl groups excluding tert-OH is 2. The minimum atomic E-state index is -0.470. The van der Waals surface area contributed by atoms with E-state index in [4.69, 9.17) is 9.84 Å². The number of fused-ring (bicyclic) bond motifs is 1. The highest BCUT2D eigenvalue weighted by atomic mass is 16.5. The third-order valence-corrected chi connectivity index (χ3v) is 5.72. The maximum absolute atomic E-state index is 12.9. The van der Waals surface area contributed by atoms with Crippen LogP contribution in [0.5, 0.6) is 0 Å². The summed E-state index contributed by atoms with van der Waals surface area (Å²) in [5.74, 6) is -0.0104. The Morgan fingerprint density at radius 2 is 2.15 bits per heavy atom. The van der Waals surface area contributed by atoms with E-state index in [2.05, 4.69) is 4.98 Å². The molecule has 2 aromatic rings. The predicted molar refractivity (Wildman–Crippen MR) is 95.9 cm³/mol.